The van der Waals surface area contributed by atoms with Crippen molar-refractivity contribution in [3.8, 4) is 0 Å². The van der Waals surface area contributed by atoms with Gasteiger partial charge in [-0.1, -0.05) is 6.08 Å². The van der Waals surface area contributed by atoms with E-state index in [1.807, 2.05) is 4.90 Å². The lowest BCUT2D eigenvalue weighted by molar-refractivity contribution is -0.130. The van der Waals surface area contributed by atoms with Crippen LogP contribution in [0.2, 0.25) is 0 Å². The Morgan fingerprint density at radius 1 is 1.07 bits per heavy atom. The van der Waals surface area contributed by atoms with Crippen LogP contribution in [0.1, 0.15) is 72.1 Å². The monoisotopic (exact) mass is 384 g/mol. The van der Waals surface area contributed by atoms with Gasteiger partial charge in [-0.2, -0.15) is 0 Å². The van der Waals surface area contributed by atoms with Crippen molar-refractivity contribution in [2.75, 3.05) is 13.1 Å². The minimum Gasteiger partial charge on any atom is -0.316 e. The summed E-state index contributed by atoms with van der Waals surface area (Å²) in [5.41, 5.74) is 1.60. The molecule has 0 N–H and O–H groups in total. The standard InChI is InChI=1S/C22H25FN2O3/c23-16-10-11-17-18(14-16)22(28)25(21(17)27)12-4-3-9-20(26)24-13-5-7-15-6-1-2-8-19(15)24/h8,10-11,14-15H,1-7,9,12-13H2. The summed E-state index contributed by atoms with van der Waals surface area (Å²) in [6.45, 7) is 1.05. The topological polar surface area (TPSA) is 57.7 Å². The first-order chi connectivity index (χ1) is 13.6. The number of likely N-dealkylation sites (tertiary alicyclic amines) is 1. The molecule has 5 nitrogen and oxygen atoms in total. The second-order valence-corrected chi connectivity index (χ2v) is 7.85. The third-order valence-electron chi connectivity index (χ3n) is 6.03. The molecule has 3 amide bonds. The number of hydrogen-bond acceptors (Lipinski definition) is 3. The average Bonchev–Trinajstić information content (AvgIpc) is 2.94. The van der Waals surface area contributed by atoms with Gasteiger partial charge in [0, 0.05) is 25.2 Å². The van der Waals surface area contributed by atoms with Crippen molar-refractivity contribution in [3.05, 3.63) is 46.9 Å². The molecule has 0 saturated carbocycles. The number of piperidine rings is 1. The van der Waals surface area contributed by atoms with Crippen molar-refractivity contribution in [1.82, 2.24) is 9.80 Å². The highest BCUT2D eigenvalue weighted by molar-refractivity contribution is 6.21. The quantitative estimate of drug-likeness (QED) is 0.571. The fourth-order valence-electron chi connectivity index (χ4n) is 4.59. The fraction of sp³-hybridized carbons (Fsp3) is 0.500. The number of halogens is 1. The molecule has 3 aliphatic rings. The van der Waals surface area contributed by atoms with E-state index in [9.17, 15) is 18.8 Å². The van der Waals surface area contributed by atoms with Crippen LogP contribution >= 0.6 is 0 Å². The number of nitrogens with zero attached hydrogens (tertiary/aromatic N) is 2. The second kappa shape index (κ2) is 7.86. The maximum absolute atomic E-state index is 13.4. The zero-order chi connectivity index (χ0) is 19.7. The van der Waals surface area contributed by atoms with Crippen LogP contribution in [0.15, 0.2) is 30.0 Å². The van der Waals surface area contributed by atoms with Crippen LogP contribution in [0.3, 0.4) is 0 Å². The summed E-state index contributed by atoms with van der Waals surface area (Å²) in [6.07, 6.45) is 9.50. The molecule has 4 rings (SSSR count). The van der Waals surface area contributed by atoms with Crippen LogP contribution in [-0.2, 0) is 4.79 Å². The van der Waals surface area contributed by atoms with Crippen molar-refractivity contribution in [1.29, 1.82) is 0 Å². The first-order valence-corrected chi connectivity index (χ1v) is 10.2. The second-order valence-electron chi connectivity index (χ2n) is 7.85. The van der Waals surface area contributed by atoms with Gasteiger partial charge in [0.15, 0.2) is 0 Å². The number of amides is 3. The molecule has 1 unspecified atom stereocenters. The molecule has 2 aliphatic heterocycles. The molecule has 0 spiro atoms. The van der Waals surface area contributed by atoms with Crippen LogP contribution in [0.5, 0.6) is 0 Å². The number of allylic oxidation sites excluding steroid dienone is 2. The number of unbranched alkanes of at least 4 members (excludes halogenated alkanes) is 1. The molecule has 1 aromatic carbocycles. The van der Waals surface area contributed by atoms with Gasteiger partial charge in [-0.3, -0.25) is 19.3 Å². The molecule has 0 radical (unpaired) electrons. The van der Waals surface area contributed by atoms with E-state index in [-0.39, 0.29) is 29.5 Å². The Labute approximate surface area is 164 Å². The van der Waals surface area contributed by atoms with Crippen LogP contribution in [0.25, 0.3) is 0 Å². The summed E-state index contributed by atoms with van der Waals surface area (Å²) in [5.74, 6) is -0.675. The third-order valence-corrected chi connectivity index (χ3v) is 6.03. The van der Waals surface area contributed by atoms with Gasteiger partial charge in [0.25, 0.3) is 11.8 Å². The van der Waals surface area contributed by atoms with Gasteiger partial charge < -0.3 is 4.90 Å². The molecule has 1 aliphatic carbocycles. The number of benzene rings is 1. The Kier molecular flexibility index (Phi) is 5.29. The van der Waals surface area contributed by atoms with Crippen molar-refractivity contribution in [2.45, 2.75) is 51.4 Å². The smallest absolute Gasteiger partial charge is 0.261 e. The van der Waals surface area contributed by atoms with Crippen molar-refractivity contribution in [2.24, 2.45) is 5.92 Å². The predicted octanol–water partition coefficient (Wildman–Crippen LogP) is 3.90. The maximum atomic E-state index is 13.4. The van der Waals surface area contributed by atoms with Gasteiger partial charge in [0.05, 0.1) is 11.1 Å². The maximum Gasteiger partial charge on any atom is 0.261 e. The molecule has 1 atom stereocenters. The molecular formula is C22H25FN2O3. The highest BCUT2D eigenvalue weighted by Gasteiger charge is 2.35. The summed E-state index contributed by atoms with van der Waals surface area (Å²) in [5, 5.41) is 0. The Morgan fingerprint density at radius 3 is 2.71 bits per heavy atom. The van der Waals surface area contributed by atoms with Crippen molar-refractivity contribution >= 4 is 17.7 Å². The SMILES string of the molecule is O=C(CCCCN1C(=O)c2ccc(F)cc2C1=O)N1CCCC2CCCC=C21. The van der Waals surface area contributed by atoms with Crippen LogP contribution in [-0.4, -0.2) is 40.6 Å². The molecule has 6 heteroatoms. The molecule has 148 valence electrons. The van der Waals surface area contributed by atoms with Crippen molar-refractivity contribution in [3.63, 3.8) is 0 Å². The summed E-state index contributed by atoms with van der Waals surface area (Å²) >= 11 is 0. The molecule has 1 aromatic rings. The van der Waals surface area contributed by atoms with E-state index in [0.29, 0.717) is 25.2 Å². The Hall–Kier alpha value is -2.50. The molecule has 1 saturated heterocycles. The van der Waals surface area contributed by atoms with Gasteiger partial charge >= 0.3 is 0 Å². The van der Waals surface area contributed by atoms with E-state index < -0.39 is 11.7 Å². The van der Waals surface area contributed by atoms with Crippen LogP contribution < -0.4 is 0 Å². The highest BCUT2D eigenvalue weighted by atomic mass is 19.1. The predicted molar refractivity (Wildman–Crippen MR) is 102 cm³/mol. The minimum absolute atomic E-state index is 0.129. The largest absolute Gasteiger partial charge is 0.316 e. The number of imide groups is 1. The summed E-state index contributed by atoms with van der Waals surface area (Å²) < 4.78 is 13.4. The average molecular weight is 384 g/mol. The number of fused-ring (bicyclic) bond motifs is 2. The first-order valence-electron chi connectivity index (χ1n) is 10.2. The van der Waals surface area contributed by atoms with Gasteiger partial charge in [-0.15, -0.1) is 0 Å². The molecule has 1 fully saturated rings. The Morgan fingerprint density at radius 2 is 1.86 bits per heavy atom. The zero-order valence-electron chi connectivity index (χ0n) is 16.0. The van der Waals surface area contributed by atoms with Gasteiger partial charge in [0.1, 0.15) is 5.82 Å². The number of carbonyl (C=O) groups excluding carboxylic acids is 3. The molecule has 2 heterocycles. The van der Waals surface area contributed by atoms with E-state index in [1.165, 1.54) is 37.1 Å². The van der Waals surface area contributed by atoms with Gasteiger partial charge in [0.2, 0.25) is 5.91 Å². The third kappa shape index (κ3) is 3.48. The number of carbonyl (C=O) groups is 3. The molecule has 0 bridgehead atoms. The summed E-state index contributed by atoms with van der Waals surface area (Å²) in [7, 11) is 0. The lowest BCUT2D eigenvalue weighted by Crippen LogP contribution is -2.39. The van der Waals surface area contributed by atoms with Crippen molar-refractivity contribution < 1.29 is 18.8 Å². The van der Waals surface area contributed by atoms with Crippen LogP contribution in [0, 0.1) is 11.7 Å². The van der Waals surface area contributed by atoms with E-state index in [4.69, 9.17) is 0 Å². The summed E-state index contributed by atoms with van der Waals surface area (Å²) in [6, 6.07) is 3.67. The Bertz CT molecular complexity index is 848. The van der Waals surface area contributed by atoms with E-state index in [0.717, 1.165) is 30.4 Å². The van der Waals surface area contributed by atoms with E-state index in [1.54, 1.807) is 0 Å². The molecule has 28 heavy (non-hydrogen) atoms. The molecular weight excluding hydrogens is 359 g/mol. The van der Waals surface area contributed by atoms with Crippen LogP contribution in [0.4, 0.5) is 4.39 Å². The highest BCUT2D eigenvalue weighted by Crippen LogP contribution is 2.35. The Balaban J connectivity index is 1.29. The minimum atomic E-state index is -0.524. The lowest BCUT2D eigenvalue weighted by Gasteiger charge is -2.38. The zero-order valence-corrected chi connectivity index (χ0v) is 16.0. The fourth-order valence-corrected chi connectivity index (χ4v) is 4.59. The van der Waals surface area contributed by atoms with E-state index in [2.05, 4.69) is 6.08 Å². The van der Waals surface area contributed by atoms with Gasteiger partial charge in [-0.25, -0.2) is 4.39 Å². The molecule has 0 aromatic heterocycles. The number of rotatable bonds is 5. The number of hydrogen-bond donors (Lipinski definition) is 0. The lowest BCUT2D eigenvalue weighted by atomic mass is 9.85. The summed E-state index contributed by atoms with van der Waals surface area (Å²) in [4.78, 5) is 40.5. The van der Waals surface area contributed by atoms with E-state index >= 15 is 0 Å². The normalized spacial score (nSPS) is 21.5. The van der Waals surface area contributed by atoms with Gasteiger partial charge in [-0.05, 0) is 69.1 Å². The first kappa shape index (κ1) is 18.8.